The Bertz CT molecular complexity index is 1070. The molecule has 4 heterocycles. The maximum Gasteiger partial charge on any atom is 0.260 e. The van der Waals surface area contributed by atoms with Crippen LogP contribution in [0.5, 0.6) is 0 Å². The third-order valence-electron chi connectivity index (χ3n) is 3.52. The van der Waals surface area contributed by atoms with Gasteiger partial charge in [-0.05, 0) is 42.2 Å². The van der Waals surface area contributed by atoms with Gasteiger partial charge in [0.15, 0.2) is 0 Å². The van der Waals surface area contributed by atoms with Gasteiger partial charge in [-0.2, -0.15) is 0 Å². The number of hydrogen-bond donors (Lipinski definition) is 1. The van der Waals surface area contributed by atoms with Gasteiger partial charge in [0.1, 0.15) is 16.3 Å². The highest BCUT2D eigenvalue weighted by atomic mass is 32.1. The highest BCUT2D eigenvalue weighted by Gasteiger charge is 2.07. The van der Waals surface area contributed by atoms with E-state index in [9.17, 15) is 4.79 Å². The number of pyridine rings is 1. The number of H-pyrrole nitrogens is 1. The molecule has 4 aromatic heterocycles. The van der Waals surface area contributed by atoms with E-state index < -0.39 is 0 Å². The van der Waals surface area contributed by atoms with E-state index in [1.165, 1.54) is 11.3 Å². The van der Waals surface area contributed by atoms with E-state index in [0.717, 1.165) is 21.7 Å². The summed E-state index contributed by atoms with van der Waals surface area (Å²) in [7, 11) is 0. The fraction of sp³-hybridized carbons (Fsp3) is 0.0625. The molecule has 1 N–H and O–H groups in total. The van der Waals surface area contributed by atoms with Crippen molar-refractivity contribution in [2.24, 2.45) is 0 Å². The van der Waals surface area contributed by atoms with Gasteiger partial charge in [0.05, 0.1) is 5.39 Å². The molecule has 0 aliphatic carbocycles. The zero-order valence-electron chi connectivity index (χ0n) is 11.8. The standard InChI is InChI=1S/C16H12N4OS/c1-10-9-22-16-14(10)15(21)18-12(19-16)6-5-11-3-2-4-13-17-7-8-20(11)13/h2-9H,1H3,(H,18,19,21)/b6-5+. The normalized spacial score (nSPS) is 11.9. The van der Waals surface area contributed by atoms with Crippen molar-refractivity contribution in [3.63, 3.8) is 0 Å². The van der Waals surface area contributed by atoms with Gasteiger partial charge >= 0.3 is 0 Å². The van der Waals surface area contributed by atoms with Crippen molar-refractivity contribution in [2.75, 3.05) is 0 Å². The maximum atomic E-state index is 12.1. The Labute approximate surface area is 129 Å². The lowest BCUT2D eigenvalue weighted by molar-refractivity contribution is 1.14. The lowest BCUT2D eigenvalue weighted by atomic mass is 10.2. The molecule has 4 aromatic rings. The molecular weight excluding hydrogens is 296 g/mol. The SMILES string of the molecule is Cc1csc2nc(/C=C/c3cccc4nccn34)[nH]c(=O)c12. The first-order valence-electron chi connectivity index (χ1n) is 6.81. The monoisotopic (exact) mass is 308 g/mol. The summed E-state index contributed by atoms with van der Waals surface area (Å²) in [6, 6.07) is 5.87. The number of aromatic nitrogens is 4. The fourth-order valence-electron chi connectivity index (χ4n) is 2.45. The quantitative estimate of drug-likeness (QED) is 0.619. The van der Waals surface area contributed by atoms with Gasteiger partial charge in [-0.25, -0.2) is 9.97 Å². The van der Waals surface area contributed by atoms with Crippen LogP contribution in [0.15, 0.2) is 40.8 Å². The summed E-state index contributed by atoms with van der Waals surface area (Å²) in [6.45, 7) is 1.92. The summed E-state index contributed by atoms with van der Waals surface area (Å²) < 4.78 is 1.97. The zero-order chi connectivity index (χ0) is 15.1. The van der Waals surface area contributed by atoms with Crippen LogP contribution in [0.1, 0.15) is 17.1 Å². The third kappa shape index (κ3) is 2.05. The Kier molecular flexibility index (Phi) is 2.90. The number of rotatable bonds is 2. The van der Waals surface area contributed by atoms with E-state index in [0.29, 0.717) is 11.2 Å². The number of nitrogens with zero attached hydrogens (tertiary/aromatic N) is 3. The average molecular weight is 308 g/mol. The molecule has 0 aliphatic heterocycles. The topological polar surface area (TPSA) is 63.1 Å². The minimum Gasteiger partial charge on any atom is -0.306 e. The third-order valence-corrected chi connectivity index (χ3v) is 4.51. The second kappa shape index (κ2) is 4.92. The number of fused-ring (bicyclic) bond motifs is 2. The Morgan fingerprint density at radius 2 is 2.23 bits per heavy atom. The number of imidazole rings is 1. The molecule has 0 radical (unpaired) electrons. The van der Waals surface area contributed by atoms with E-state index in [4.69, 9.17) is 0 Å². The van der Waals surface area contributed by atoms with Gasteiger partial charge in [-0.15, -0.1) is 11.3 Å². The van der Waals surface area contributed by atoms with Crippen molar-refractivity contribution in [1.82, 2.24) is 19.4 Å². The van der Waals surface area contributed by atoms with E-state index >= 15 is 0 Å². The molecule has 22 heavy (non-hydrogen) atoms. The average Bonchev–Trinajstić information content (AvgIpc) is 3.12. The lowest BCUT2D eigenvalue weighted by Gasteiger charge is -1.99. The Hall–Kier alpha value is -2.73. The number of nitrogens with one attached hydrogen (secondary N) is 1. The Morgan fingerprint density at radius 3 is 3.14 bits per heavy atom. The first kappa shape index (κ1) is 13.0. The predicted octanol–water partition coefficient (Wildman–Crippen LogP) is 3.11. The lowest BCUT2D eigenvalue weighted by Crippen LogP contribution is -2.09. The molecule has 0 fully saturated rings. The van der Waals surface area contributed by atoms with Crippen LogP contribution in [0.25, 0.3) is 28.0 Å². The molecule has 6 heteroatoms. The van der Waals surface area contributed by atoms with Gasteiger partial charge in [-0.3, -0.25) is 4.79 Å². The second-order valence-electron chi connectivity index (χ2n) is 4.99. The van der Waals surface area contributed by atoms with Crippen LogP contribution in [0, 0.1) is 6.92 Å². The summed E-state index contributed by atoms with van der Waals surface area (Å²) in [5.41, 5.74) is 2.73. The fourth-order valence-corrected chi connectivity index (χ4v) is 3.38. The maximum absolute atomic E-state index is 12.1. The van der Waals surface area contributed by atoms with Gasteiger partial charge in [0.2, 0.25) is 0 Å². The number of aromatic amines is 1. The van der Waals surface area contributed by atoms with Crippen LogP contribution in [-0.4, -0.2) is 19.4 Å². The van der Waals surface area contributed by atoms with Gasteiger partial charge in [0, 0.05) is 18.1 Å². The Morgan fingerprint density at radius 1 is 1.32 bits per heavy atom. The summed E-state index contributed by atoms with van der Waals surface area (Å²) in [6.07, 6.45) is 7.38. The van der Waals surface area contributed by atoms with Crippen molar-refractivity contribution in [2.45, 2.75) is 6.92 Å². The minimum atomic E-state index is -0.0933. The molecule has 5 nitrogen and oxygen atoms in total. The zero-order valence-corrected chi connectivity index (χ0v) is 12.6. The van der Waals surface area contributed by atoms with Crippen LogP contribution >= 0.6 is 11.3 Å². The smallest absolute Gasteiger partial charge is 0.260 e. The summed E-state index contributed by atoms with van der Waals surface area (Å²) >= 11 is 1.49. The molecule has 0 bridgehead atoms. The van der Waals surface area contributed by atoms with Crippen molar-refractivity contribution in [3.05, 3.63) is 63.4 Å². The van der Waals surface area contributed by atoms with Gasteiger partial charge < -0.3 is 9.38 Å². The largest absolute Gasteiger partial charge is 0.306 e. The molecule has 0 unspecified atom stereocenters. The predicted molar refractivity (Wildman–Crippen MR) is 89.1 cm³/mol. The van der Waals surface area contributed by atoms with Gasteiger partial charge in [0.25, 0.3) is 5.56 Å². The number of hydrogen-bond acceptors (Lipinski definition) is 4. The highest BCUT2D eigenvalue weighted by molar-refractivity contribution is 7.16. The molecule has 0 amide bonds. The first-order chi connectivity index (χ1) is 10.7. The van der Waals surface area contributed by atoms with Crippen molar-refractivity contribution in [3.8, 4) is 0 Å². The molecule has 108 valence electrons. The van der Waals surface area contributed by atoms with E-state index in [-0.39, 0.29) is 5.56 Å². The van der Waals surface area contributed by atoms with Crippen LogP contribution in [0.4, 0.5) is 0 Å². The summed E-state index contributed by atoms with van der Waals surface area (Å²) in [5.74, 6) is 0.552. The highest BCUT2D eigenvalue weighted by Crippen LogP contribution is 2.20. The molecule has 0 aromatic carbocycles. The van der Waals surface area contributed by atoms with Crippen molar-refractivity contribution < 1.29 is 0 Å². The van der Waals surface area contributed by atoms with E-state index in [1.54, 1.807) is 6.20 Å². The first-order valence-corrected chi connectivity index (χ1v) is 7.68. The number of aryl methyl sites for hydroxylation is 1. The molecule has 0 saturated heterocycles. The van der Waals surface area contributed by atoms with Crippen LogP contribution in [0.2, 0.25) is 0 Å². The van der Waals surface area contributed by atoms with Crippen LogP contribution < -0.4 is 5.56 Å². The molecule has 4 rings (SSSR count). The van der Waals surface area contributed by atoms with Gasteiger partial charge in [-0.1, -0.05) is 6.07 Å². The van der Waals surface area contributed by atoms with E-state index in [2.05, 4.69) is 15.0 Å². The number of thiophene rings is 1. The molecule has 0 aliphatic rings. The summed E-state index contributed by atoms with van der Waals surface area (Å²) in [4.78, 5) is 24.4. The molecule has 0 atom stereocenters. The molecule has 0 spiro atoms. The van der Waals surface area contributed by atoms with Crippen LogP contribution in [-0.2, 0) is 0 Å². The molecule has 0 saturated carbocycles. The summed E-state index contributed by atoms with van der Waals surface area (Å²) in [5, 5.41) is 2.63. The molecular formula is C16H12N4OS. The van der Waals surface area contributed by atoms with E-state index in [1.807, 2.05) is 53.3 Å². The van der Waals surface area contributed by atoms with Crippen molar-refractivity contribution in [1.29, 1.82) is 0 Å². The minimum absolute atomic E-state index is 0.0933. The van der Waals surface area contributed by atoms with Crippen LogP contribution in [0.3, 0.4) is 0 Å². The van der Waals surface area contributed by atoms with Crippen molar-refractivity contribution >= 4 is 39.4 Å². The second-order valence-corrected chi connectivity index (χ2v) is 5.85. The Balaban J connectivity index is 1.80.